The van der Waals surface area contributed by atoms with Gasteiger partial charge in [-0.15, -0.1) is 0 Å². The minimum atomic E-state index is -0.970. The van der Waals surface area contributed by atoms with Gasteiger partial charge in [0.1, 0.15) is 0 Å². The predicted octanol–water partition coefficient (Wildman–Crippen LogP) is 2.21. The van der Waals surface area contributed by atoms with E-state index in [9.17, 15) is 9.90 Å². The van der Waals surface area contributed by atoms with Crippen molar-refractivity contribution in [1.29, 1.82) is 0 Å². The van der Waals surface area contributed by atoms with Gasteiger partial charge in [-0.25, -0.2) is 9.78 Å². The van der Waals surface area contributed by atoms with Crippen LogP contribution in [-0.4, -0.2) is 39.4 Å². The van der Waals surface area contributed by atoms with Gasteiger partial charge in [0.15, 0.2) is 6.10 Å². The summed E-state index contributed by atoms with van der Waals surface area (Å²) in [6.07, 6.45) is 10.8. The minimum absolute atomic E-state index is 0.274. The van der Waals surface area contributed by atoms with Gasteiger partial charge in [0.25, 0.3) is 0 Å². The van der Waals surface area contributed by atoms with Gasteiger partial charge in [-0.2, -0.15) is 0 Å². The van der Waals surface area contributed by atoms with Crippen LogP contribution in [0.4, 0.5) is 0 Å². The number of nitrogens with zero attached hydrogens (tertiary/aromatic N) is 2. The molecule has 0 radical (unpaired) electrons. The van der Waals surface area contributed by atoms with Gasteiger partial charge in [-0.1, -0.05) is 32.1 Å². The van der Waals surface area contributed by atoms with E-state index in [1.165, 1.54) is 38.5 Å². The van der Waals surface area contributed by atoms with Gasteiger partial charge in [0.2, 0.25) is 0 Å². The quantitative estimate of drug-likeness (QED) is 0.727. The number of carbonyl (C=O) groups is 1. The number of hydrogen-bond donors (Lipinski definition) is 2. The van der Waals surface area contributed by atoms with Crippen LogP contribution in [0.5, 0.6) is 0 Å². The van der Waals surface area contributed by atoms with Crippen LogP contribution in [0.25, 0.3) is 0 Å². The van der Waals surface area contributed by atoms with Crippen LogP contribution in [0.3, 0.4) is 0 Å². The number of carboxylic acids is 1. The molecule has 1 aliphatic rings. The summed E-state index contributed by atoms with van der Waals surface area (Å²) in [6.45, 7) is 3.04. The first-order chi connectivity index (χ1) is 11.1. The fourth-order valence-corrected chi connectivity index (χ4v) is 3.16. The second kappa shape index (κ2) is 9.03. The van der Waals surface area contributed by atoms with Crippen molar-refractivity contribution in [3.63, 3.8) is 0 Å². The topological polar surface area (TPSA) is 90.4 Å². The Morgan fingerprint density at radius 3 is 2.87 bits per heavy atom. The first-order valence-corrected chi connectivity index (χ1v) is 8.67. The fourth-order valence-electron chi connectivity index (χ4n) is 3.16. The van der Waals surface area contributed by atoms with Gasteiger partial charge in [-0.05, 0) is 19.3 Å². The number of nitrogens with two attached hydrogens (primary N) is 1. The molecule has 3 N–H and O–H groups in total. The van der Waals surface area contributed by atoms with Crippen molar-refractivity contribution >= 4 is 5.97 Å². The van der Waals surface area contributed by atoms with E-state index in [-0.39, 0.29) is 12.5 Å². The Kier molecular flexibility index (Phi) is 7.05. The molecule has 0 aliphatic heterocycles. The molecule has 2 rings (SSSR count). The number of aliphatic carboxylic acids is 1. The van der Waals surface area contributed by atoms with Gasteiger partial charge in [0.05, 0.1) is 18.1 Å². The number of hydrogen-bond acceptors (Lipinski definition) is 4. The zero-order chi connectivity index (χ0) is 16.7. The summed E-state index contributed by atoms with van der Waals surface area (Å²) < 4.78 is 7.52. The van der Waals surface area contributed by atoms with E-state index >= 15 is 0 Å². The van der Waals surface area contributed by atoms with E-state index in [4.69, 9.17) is 10.5 Å². The average Bonchev–Trinajstić information content (AvgIpc) is 3.00. The summed E-state index contributed by atoms with van der Waals surface area (Å²) in [5.41, 5.74) is 6.25. The average molecular weight is 323 g/mol. The fraction of sp³-hybridized carbons (Fsp3) is 0.765. The standard InChI is InChI=1S/C17H29N3O3/c1-13(10-18)23-16(17(21)22)9-15-11-20(12-19-15)8-7-14-5-3-2-4-6-14/h11-14,16H,2-10,18H2,1H3,(H,21,22)/t13-,16+/m0/s1. The number of carboxylic acid groups (broad SMARTS) is 1. The second-order valence-corrected chi connectivity index (χ2v) is 6.61. The number of ether oxygens (including phenoxy) is 1. The zero-order valence-electron chi connectivity index (χ0n) is 14.0. The maximum absolute atomic E-state index is 11.3. The van der Waals surface area contributed by atoms with Crippen LogP contribution < -0.4 is 5.73 Å². The molecule has 0 saturated heterocycles. The maximum atomic E-state index is 11.3. The molecule has 0 bridgehead atoms. The highest BCUT2D eigenvalue weighted by molar-refractivity contribution is 5.72. The van der Waals surface area contributed by atoms with E-state index in [0.717, 1.165) is 18.2 Å². The first kappa shape index (κ1) is 17.9. The molecule has 1 fully saturated rings. The summed E-state index contributed by atoms with van der Waals surface area (Å²) in [4.78, 5) is 15.6. The van der Waals surface area contributed by atoms with Crippen LogP contribution in [0.2, 0.25) is 0 Å². The second-order valence-electron chi connectivity index (χ2n) is 6.61. The highest BCUT2D eigenvalue weighted by Gasteiger charge is 2.22. The molecular weight excluding hydrogens is 294 g/mol. The molecule has 0 spiro atoms. The minimum Gasteiger partial charge on any atom is -0.479 e. The van der Waals surface area contributed by atoms with Crippen LogP contribution in [0.15, 0.2) is 12.5 Å². The number of aromatic nitrogens is 2. The molecule has 1 aromatic heterocycles. The van der Waals surface area contributed by atoms with Crippen molar-refractivity contribution < 1.29 is 14.6 Å². The number of rotatable bonds is 9. The molecule has 0 amide bonds. The molecule has 2 atom stereocenters. The summed E-state index contributed by atoms with van der Waals surface area (Å²) in [5.74, 6) is -0.142. The van der Waals surface area contributed by atoms with Gasteiger partial charge >= 0.3 is 5.97 Å². The summed E-state index contributed by atoms with van der Waals surface area (Å²) >= 11 is 0. The Morgan fingerprint density at radius 2 is 2.22 bits per heavy atom. The van der Waals surface area contributed by atoms with Crippen molar-refractivity contribution in [3.05, 3.63) is 18.2 Å². The van der Waals surface area contributed by atoms with Crippen molar-refractivity contribution in [1.82, 2.24) is 9.55 Å². The molecule has 23 heavy (non-hydrogen) atoms. The Hall–Kier alpha value is -1.40. The molecule has 6 nitrogen and oxygen atoms in total. The Bertz CT molecular complexity index is 483. The lowest BCUT2D eigenvalue weighted by Crippen LogP contribution is -2.33. The first-order valence-electron chi connectivity index (χ1n) is 8.67. The largest absolute Gasteiger partial charge is 0.479 e. The van der Waals surface area contributed by atoms with Crippen LogP contribution in [-0.2, 0) is 22.5 Å². The van der Waals surface area contributed by atoms with Gasteiger partial charge in [-0.3, -0.25) is 0 Å². The Morgan fingerprint density at radius 1 is 1.48 bits per heavy atom. The molecule has 130 valence electrons. The molecule has 1 saturated carbocycles. The molecule has 0 unspecified atom stereocenters. The molecule has 6 heteroatoms. The maximum Gasteiger partial charge on any atom is 0.333 e. The SMILES string of the molecule is C[C@@H](CN)O[C@H](Cc1cn(CCC2CCCCC2)cn1)C(=O)O. The summed E-state index contributed by atoms with van der Waals surface area (Å²) in [5, 5.41) is 9.26. The number of aryl methyl sites for hydroxylation is 1. The molecule has 1 aromatic rings. The summed E-state index contributed by atoms with van der Waals surface area (Å²) in [6, 6.07) is 0. The Labute approximate surface area is 138 Å². The predicted molar refractivity (Wildman–Crippen MR) is 88.1 cm³/mol. The highest BCUT2D eigenvalue weighted by atomic mass is 16.5. The van der Waals surface area contributed by atoms with Gasteiger partial charge in [0, 0.05) is 25.7 Å². The van der Waals surface area contributed by atoms with E-state index in [1.807, 2.05) is 6.20 Å². The highest BCUT2D eigenvalue weighted by Crippen LogP contribution is 2.26. The number of imidazole rings is 1. The Balaban J connectivity index is 1.83. The third-order valence-corrected chi connectivity index (χ3v) is 4.61. The monoisotopic (exact) mass is 323 g/mol. The molecule has 1 aliphatic carbocycles. The summed E-state index contributed by atoms with van der Waals surface area (Å²) in [7, 11) is 0. The van der Waals surface area contributed by atoms with Crippen LogP contribution in [0.1, 0.15) is 51.1 Å². The molecular formula is C17H29N3O3. The van der Waals surface area contributed by atoms with E-state index in [1.54, 1.807) is 13.3 Å². The van der Waals surface area contributed by atoms with E-state index in [2.05, 4.69) is 9.55 Å². The van der Waals surface area contributed by atoms with Crippen LogP contribution in [0, 0.1) is 5.92 Å². The lowest BCUT2D eigenvalue weighted by molar-refractivity contribution is -0.153. The van der Waals surface area contributed by atoms with Crippen LogP contribution >= 0.6 is 0 Å². The molecule has 0 aromatic carbocycles. The van der Waals surface area contributed by atoms with Crippen molar-refractivity contribution in [3.8, 4) is 0 Å². The van der Waals surface area contributed by atoms with E-state index < -0.39 is 12.1 Å². The van der Waals surface area contributed by atoms with Crippen molar-refractivity contribution in [2.75, 3.05) is 6.54 Å². The lowest BCUT2D eigenvalue weighted by atomic mass is 9.87. The third-order valence-electron chi connectivity index (χ3n) is 4.61. The van der Waals surface area contributed by atoms with E-state index in [0.29, 0.717) is 6.54 Å². The normalized spacial score (nSPS) is 18.7. The van der Waals surface area contributed by atoms with Crippen molar-refractivity contribution in [2.45, 2.75) is 70.6 Å². The smallest absolute Gasteiger partial charge is 0.333 e. The van der Waals surface area contributed by atoms with Gasteiger partial charge < -0.3 is 20.1 Å². The zero-order valence-corrected chi connectivity index (χ0v) is 14.0. The third kappa shape index (κ3) is 5.95. The lowest BCUT2D eigenvalue weighted by Gasteiger charge is -2.21. The molecule has 1 heterocycles. The van der Waals surface area contributed by atoms with Crippen molar-refractivity contribution in [2.24, 2.45) is 11.7 Å².